The molecular formula is C13H17N3O5. The lowest BCUT2D eigenvalue weighted by molar-refractivity contribution is -0.385. The van der Waals surface area contributed by atoms with Gasteiger partial charge in [-0.05, 0) is 25.7 Å². The molecule has 1 saturated heterocycles. The first-order chi connectivity index (χ1) is 9.90. The van der Waals surface area contributed by atoms with Crippen LogP contribution in [0.25, 0.3) is 0 Å². The number of nitrogens with zero attached hydrogens (tertiary/aromatic N) is 2. The molecule has 21 heavy (non-hydrogen) atoms. The molecule has 0 saturated carbocycles. The first-order valence-corrected chi connectivity index (χ1v) is 6.74. The summed E-state index contributed by atoms with van der Waals surface area (Å²) in [7, 11) is 0. The second-order valence-electron chi connectivity index (χ2n) is 5.23. The summed E-state index contributed by atoms with van der Waals surface area (Å²) in [5.74, 6) is -0.374. The minimum Gasteiger partial charge on any atom is -0.393 e. The summed E-state index contributed by atoms with van der Waals surface area (Å²) in [6.07, 6.45) is 1.84. The second-order valence-corrected chi connectivity index (χ2v) is 5.23. The van der Waals surface area contributed by atoms with Crippen molar-refractivity contribution in [3.05, 3.63) is 38.3 Å². The van der Waals surface area contributed by atoms with Crippen LogP contribution in [-0.2, 0) is 0 Å². The van der Waals surface area contributed by atoms with E-state index in [4.69, 9.17) is 0 Å². The van der Waals surface area contributed by atoms with Gasteiger partial charge in [-0.25, -0.2) is 0 Å². The third-order valence-electron chi connectivity index (χ3n) is 3.84. The SMILES string of the molecule is CC(O)C1CCN(C(=O)c2cc([N+](=O)[O-])c[nH]c2=O)CC1. The molecule has 2 rings (SSSR count). The van der Waals surface area contributed by atoms with Crippen LogP contribution in [0.15, 0.2) is 17.1 Å². The lowest BCUT2D eigenvalue weighted by atomic mass is 9.92. The lowest BCUT2D eigenvalue weighted by Gasteiger charge is -2.33. The van der Waals surface area contributed by atoms with Crippen LogP contribution >= 0.6 is 0 Å². The maximum atomic E-state index is 12.3. The molecule has 114 valence electrons. The molecule has 2 N–H and O–H groups in total. The molecule has 0 radical (unpaired) electrons. The quantitative estimate of drug-likeness (QED) is 0.622. The van der Waals surface area contributed by atoms with Crippen LogP contribution in [0.4, 0.5) is 5.69 Å². The van der Waals surface area contributed by atoms with Crippen molar-refractivity contribution in [1.82, 2.24) is 9.88 Å². The van der Waals surface area contributed by atoms with E-state index in [2.05, 4.69) is 4.98 Å². The van der Waals surface area contributed by atoms with Gasteiger partial charge in [0.15, 0.2) is 0 Å². The van der Waals surface area contributed by atoms with Gasteiger partial charge in [0.2, 0.25) is 0 Å². The number of likely N-dealkylation sites (tertiary alicyclic amines) is 1. The van der Waals surface area contributed by atoms with Gasteiger partial charge < -0.3 is 15.0 Å². The molecule has 1 aromatic rings. The Hall–Kier alpha value is -2.22. The zero-order valence-electron chi connectivity index (χ0n) is 11.6. The molecule has 0 aromatic carbocycles. The van der Waals surface area contributed by atoms with Crippen molar-refractivity contribution in [3.63, 3.8) is 0 Å². The van der Waals surface area contributed by atoms with Crippen LogP contribution in [0.1, 0.15) is 30.1 Å². The molecule has 1 amide bonds. The van der Waals surface area contributed by atoms with Crippen molar-refractivity contribution in [2.45, 2.75) is 25.9 Å². The molecule has 8 heteroatoms. The first-order valence-electron chi connectivity index (χ1n) is 6.74. The number of carbonyl (C=O) groups excluding carboxylic acids is 1. The predicted octanol–water partition coefficient (Wildman–Crippen LogP) is 0.516. The predicted molar refractivity (Wildman–Crippen MR) is 74.0 cm³/mol. The number of aliphatic hydroxyl groups is 1. The van der Waals surface area contributed by atoms with Gasteiger partial charge in [0.1, 0.15) is 5.56 Å². The van der Waals surface area contributed by atoms with E-state index in [1.165, 1.54) is 4.90 Å². The fourth-order valence-electron chi connectivity index (χ4n) is 2.49. The van der Waals surface area contributed by atoms with Gasteiger partial charge in [-0.15, -0.1) is 0 Å². The second kappa shape index (κ2) is 6.04. The van der Waals surface area contributed by atoms with Crippen molar-refractivity contribution >= 4 is 11.6 Å². The Morgan fingerprint density at radius 1 is 1.52 bits per heavy atom. The standard InChI is InChI=1S/C13H17N3O5/c1-8(17)9-2-4-15(5-3-9)13(19)11-6-10(16(20)21)7-14-12(11)18/h6-9,17H,2-5H2,1H3,(H,14,18). The van der Waals surface area contributed by atoms with E-state index in [1.807, 2.05) is 0 Å². The van der Waals surface area contributed by atoms with Crippen LogP contribution in [-0.4, -0.2) is 45.0 Å². The molecule has 0 spiro atoms. The van der Waals surface area contributed by atoms with E-state index in [-0.39, 0.29) is 17.2 Å². The van der Waals surface area contributed by atoms with E-state index in [0.717, 1.165) is 12.3 Å². The normalized spacial score (nSPS) is 17.5. The highest BCUT2D eigenvalue weighted by Crippen LogP contribution is 2.21. The Morgan fingerprint density at radius 3 is 2.67 bits per heavy atom. The zero-order valence-corrected chi connectivity index (χ0v) is 11.6. The highest BCUT2D eigenvalue weighted by Gasteiger charge is 2.28. The van der Waals surface area contributed by atoms with Gasteiger partial charge in [0, 0.05) is 19.2 Å². The van der Waals surface area contributed by atoms with Gasteiger partial charge >= 0.3 is 0 Å². The summed E-state index contributed by atoms with van der Waals surface area (Å²) in [5, 5.41) is 20.2. The average molecular weight is 295 g/mol. The fourth-order valence-corrected chi connectivity index (χ4v) is 2.49. The number of hydrogen-bond donors (Lipinski definition) is 2. The number of nitro groups is 1. The highest BCUT2D eigenvalue weighted by atomic mass is 16.6. The van der Waals surface area contributed by atoms with Crippen LogP contribution in [0.3, 0.4) is 0 Å². The third-order valence-corrected chi connectivity index (χ3v) is 3.84. The van der Waals surface area contributed by atoms with Gasteiger partial charge in [0.25, 0.3) is 17.2 Å². The van der Waals surface area contributed by atoms with Crippen LogP contribution in [0, 0.1) is 16.0 Å². The van der Waals surface area contributed by atoms with Crippen molar-refractivity contribution in [1.29, 1.82) is 0 Å². The molecule has 8 nitrogen and oxygen atoms in total. The Bertz CT molecular complexity index is 602. The number of amides is 1. The number of carbonyl (C=O) groups is 1. The molecule has 0 bridgehead atoms. The minimum atomic E-state index is -0.660. The number of H-pyrrole nitrogens is 1. The van der Waals surface area contributed by atoms with Crippen LogP contribution in [0.5, 0.6) is 0 Å². The van der Waals surface area contributed by atoms with E-state index < -0.39 is 22.5 Å². The third kappa shape index (κ3) is 3.27. The number of aromatic amines is 1. The van der Waals surface area contributed by atoms with Crippen molar-refractivity contribution in [2.24, 2.45) is 5.92 Å². The van der Waals surface area contributed by atoms with E-state index in [1.54, 1.807) is 6.92 Å². The molecule has 0 aliphatic carbocycles. The summed E-state index contributed by atoms with van der Waals surface area (Å²) >= 11 is 0. The van der Waals surface area contributed by atoms with Gasteiger partial charge in [0.05, 0.1) is 17.2 Å². The Morgan fingerprint density at radius 2 is 2.14 bits per heavy atom. The zero-order chi connectivity index (χ0) is 15.6. The molecular weight excluding hydrogens is 278 g/mol. The monoisotopic (exact) mass is 295 g/mol. The van der Waals surface area contributed by atoms with E-state index in [0.29, 0.717) is 25.9 Å². The Kier molecular flexibility index (Phi) is 4.37. The highest BCUT2D eigenvalue weighted by molar-refractivity contribution is 5.94. The van der Waals surface area contributed by atoms with Gasteiger partial charge in [-0.3, -0.25) is 19.7 Å². The molecule has 1 aliphatic rings. The van der Waals surface area contributed by atoms with Crippen molar-refractivity contribution < 1.29 is 14.8 Å². The minimum absolute atomic E-state index is 0.137. The average Bonchev–Trinajstić information content (AvgIpc) is 2.47. The molecule has 2 heterocycles. The molecule has 1 aromatic heterocycles. The van der Waals surface area contributed by atoms with Gasteiger partial charge in [-0.1, -0.05) is 0 Å². The number of piperidine rings is 1. The molecule has 1 aliphatic heterocycles. The topological polar surface area (TPSA) is 117 Å². The molecule has 1 fully saturated rings. The number of nitrogens with one attached hydrogen (secondary N) is 1. The summed E-state index contributed by atoms with van der Waals surface area (Å²) < 4.78 is 0. The lowest BCUT2D eigenvalue weighted by Crippen LogP contribution is -2.42. The molecule has 1 atom stereocenters. The summed E-state index contributed by atoms with van der Waals surface area (Å²) in [5.41, 5.74) is -1.18. The van der Waals surface area contributed by atoms with Crippen molar-refractivity contribution in [3.8, 4) is 0 Å². The number of aliphatic hydroxyl groups excluding tert-OH is 1. The number of rotatable bonds is 3. The van der Waals surface area contributed by atoms with E-state index in [9.17, 15) is 24.8 Å². The largest absolute Gasteiger partial charge is 0.393 e. The van der Waals surface area contributed by atoms with Crippen molar-refractivity contribution in [2.75, 3.05) is 13.1 Å². The Balaban J connectivity index is 2.16. The smallest absolute Gasteiger partial charge is 0.286 e. The fraction of sp³-hybridized carbons (Fsp3) is 0.538. The maximum absolute atomic E-state index is 12.3. The van der Waals surface area contributed by atoms with Crippen LogP contribution < -0.4 is 5.56 Å². The first kappa shape index (κ1) is 15.2. The maximum Gasteiger partial charge on any atom is 0.286 e. The van der Waals surface area contributed by atoms with Gasteiger partial charge in [-0.2, -0.15) is 0 Å². The Labute approximate surface area is 120 Å². The summed E-state index contributed by atoms with van der Waals surface area (Å²) in [6.45, 7) is 2.57. The van der Waals surface area contributed by atoms with E-state index >= 15 is 0 Å². The van der Waals surface area contributed by atoms with Crippen LogP contribution in [0.2, 0.25) is 0 Å². The number of pyridine rings is 1. The number of aromatic nitrogens is 1. The molecule has 1 unspecified atom stereocenters. The summed E-state index contributed by atoms with van der Waals surface area (Å²) in [4.78, 5) is 37.7. The number of hydrogen-bond acceptors (Lipinski definition) is 5. The summed E-state index contributed by atoms with van der Waals surface area (Å²) in [6, 6.07) is 1.00.